The molecule has 1 saturated carbocycles. The van der Waals surface area contributed by atoms with E-state index < -0.39 is 0 Å². The molecule has 0 bridgehead atoms. The standard InChI is InChI=1S/C18H31N3/c1-5-21(17-9-7-6-8-10-17)18-12-16(11-15(4)20-18)13-19-14(2)3/h11-12,14,17,19H,5-10,13H2,1-4H3. The molecule has 118 valence electrons. The minimum Gasteiger partial charge on any atom is -0.354 e. The molecular formula is C18H31N3. The monoisotopic (exact) mass is 289 g/mol. The SMILES string of the molecule is CCN(c1cc(CNC(C)C)cc(C)n1)C1CCCCC1. The molecule has 1 N–H and O–H groups in total. The quantitative estimate of drug-likeness (QED) is 0.856. The van der Waals surface area contributed by atoms with Crippen LogP contribution in [-0.2, 0) is 6.54 Å². The highest BCUT2D eigenvalue weighted by Gasteiger charge is 2.21. The molecule has 0 amide bonds. The van der Waals surface area contributed by atoms with Crippen molar-refractivity contribution < 1.29 is 0 Å². The lowest BCUT2D eigenvalue weighted by Gasteiger charge is -2.35. The molecular weight excluding hydrogens is 258 g/mol. The molecule has 1 heterocycles. The molecule has 0 saturated heterocycles. The second-order valence-corrected chi connectivity index (χ2v) is 6.59. The van der Waals surface area contributed by atoms with Crippen LogP contribution in [0.15, 0.2) is 12.1 Å². The average Bonchev–Trinajstić information content (AvgIpc) is 2.46. The Hall–Kier alpha value is -1.09. The number of aryl methyl sites for hydroxylation is 1. The third-order valence-corrected chi connectivity index (χ3v) is 4.36. The highest BCUT2D eigenvalue weighted by atomic mass is 15.2. The summed E-state index contributed by atoms with van der Waals surface area (Å²) in [6, 6.07) is 5.68. The summed E-state index contributed by atoms with van der Waals surface area (Å²) < 4.78 is 0. The van der Waals surface area contributed by atoms with E-state index in [-0.39, 0.29) is 0 Å². The molecule has 1 aromatic rings. The molecule has 1 aliphatic rings. The highest BCUT2D eigenvalue weighted by molar-refractivity contribution is 5.43. The van der Waals surface area contributed by atoms with Crippen molar-refractivity contribution in [1.29, 1.82) is 0 Å². The summed E-state index contributed by atoms with van der Waals surface area (Å²) in [6.45, 7) is 10.7. The molecule has 0 aliphatic heterocycles. The topological polar surface area (TPSA) is 28.2 Å². The van der Waals surface area contributed by atoms with E-state index in [1.54, 1.807) is 0 Å². The van der Waals surface area contributed by atoms with Gasteiger partial charge >= 0.3 is 0 Å². The van der Waals surface area contributed by atoms with Gasteiger partial charge in [-0.05, 0) is 44.4 Å². The number of aromatic nitrogens is 1. The maximum absolute atomic E-state index is 4.81. The van der Waals surface area contributed by atoms with Gasteiger partial charge in [-0.3, -0.25) is 0 Å². The van der Waals surface area contributed by atoms with Crippen molar-refractivity contribution >= 4 is 5.82 Å². The first-order chi connectivity index (χ1) is 10.1. The fourth-order valence-electron chi connectivity index (χ4n) is 3.29. The number of rotatable bonds is 6. The Balaban J connectivity index is 2.15. The highest BCUT2D eigenvalue weighted by Crippen LogP contribution is 2.27. The molecule has 0 unspecified atom stereocenters. The molecule has 0 spiro atoms. The number of pyridine rings is 1. The zero-order valence-corrected chi connectivity index (χ0v) is 14.2. The van der Waals surface area contributed by atoms with Crippen molar-refractivity contribution in [3.8, 4) is 0 Å². The van der Waals surface area contributed by atoms with E-state index >= 15 is 0 Å². The first kappa shape index (κ1) is 16.3. The summed E-state index contributed by atoms with van der Waals surface area (Å²) in [5.74, 6) is 1.17. The molecule has 3 nitrogen and oxygen atoms in total. The van der Waals surface area contributed by atoms with Gasteiger partial charge in [0.15, 0.2) is 0 Å². The number of nitrogens with one attached hydrogen (secondary N) is 1. The smallest absolute Gasteiger partial charge is 0.129 e. The van der Waals surface area contributed by atoms with E-state index in [9.17, 15) is 0 Å². The van der Waals surface area contributed by atoms with Crippen molar-refractivity contribution in [1.82, 2.24) is 10.3 Å². The van der Waals surface area contributed by atoms with Crippen molar-refractivity contribution in [2.24, 2.45) is 0 Å². The zero-order valence-electron chi connectivity index (χ0n) is 14.2. The summed E-state index contributed by atoms with van der Waals surface area (Å²) in [7, 11) is 0. The minimum absolute atomic E-state index is 0.516. The Bertz CT molecular complexity index is 436. The van der Waals surface area contributed by atoms with Gasteiger partial charge in [0.2, 0.25) is 0 Å². The number of hydrogen-bond acceptors (Lipinski definition) is 3. The van der Waals surface area contributed by atoms with Crippen LogP contribution in [0.3, 0.4) is 0 Å². The maximum Gasteiger partial charge on any atom is 0.129 e. The Kier molecular flexibility index (Phi) is 6.04. The Morgan fingerprint density at radius 1 is 1.24 bits per heavy atom. The fraction of sp³-hybridized carbons (Fsp3) is 0.722. The summed E-state index contributed by atoms with van der Waals surface area (Å²) in [4.78, 5) is 7.32. The van der Waals surface area contributed by atoms with Crippen LogP contribution >= 0.6 is 0 Å². The van der Waals surface area contributed by atoms with Gasteiger partial charge in [-0.25, -0.2) is 4.98 Å². The molecule has 0 aromatic carbocycles. The molecule has 2 rings (SSSR count). The van der Waals surface area contributed by atoms with Crippen LogP contribution in [0.5, 0.6) is 0 Å². The summed E-state index contributed by atoms with van der Waals surface area (Å²) in [6.07, 6.45) is 6.79. The van der Waals surface area contributed by atoms with Crippen LogP contribution in [0, 0.1) is 6.92 Å². The van der Waals surface area contributed by atoms with Gasteiger partial charge in [0, 0.05) is 30.9 Å². The molecule has 21 heavy (non-hydrogen) atoms. The maximum atomic E-state index is 4.81. The third kappa shape index (κ3) is 4.70. The van der Waals surface area contributed by atoms with Crippen LogP contribution in [0.4, 0.5) is 5.82 Å². The van der Waals surface area contributed by atoms with E-state index in [2.05, 4.69) is 50.0 Å². The Morgan fingerprint density at radius 2 is 1.95 bits per heavy atom. The van der Waals surface area contributed by atoms with Gasteiger partial charge in [-0.1, -0.05) is 33.1 Å². The molecule has 3 heteroatoms. The Labute approximate surface area is 130 Å². The van der Waals surface area contributed by atoms with Crippen molar-refractivity contribution in [3.63, 3.8) is 0 Å². The van der Waals surface area contributed by atoms with Crippen LogP contribution in [0.2, 0.25) is 0 Å². The molecule has 0 radical (unpaired) electrons. The predicted octanol–water partition coefficient (Wildman–Crippen LogP) is 4.05. The lowest BCUT2D eigenvalue weighted by atomic mass is 9.94. The van der Waals surface area contributed by atoms with E-state index in [0.717, 1.165) is 18.8 Å². The van der Waals surface area contributed by atoms with E-state index in [1.165, 1.54) is 43.5 Å². The van der Waals surface area contributed by atoms with Crippen molar-refractivity contribution in [2.45, 2.75) is 78.4 Å². The molecule has 0 atom stereocenters. The van der Waals surface area contributed by atoms with Gasteiger partial charge in [-0.2, -0.15) is 0 Å². The van der Waals surface area contributed by atoms with Crippen LogP contribution in [0.25, 0.3) is 0 Å². The zero-order chi connectivity index (χ0) is 15.2. The lowest BCUT2D eigenvalue weighted by molar-refractivity contribution is 0.416. The lowest BCUT2D eigenvalue weighted by Crippen LogP contribution is -2.37. The fourth-order valence-corrected chi connectivity index (χ4v) is 3.29. The van der Waals surface area contributed by atoms with E-state index in [0.29, 0.717) is 12.1 Å². The summed E-state index contributed by atoms with van der Waals surface area (Å²) in [5, 5.41) is 3.51. The second-order valence-electron chi connectivity index (χ2n) is 6.59. The third-order valence-electron chi connectivity index (χ3n) is 4.36. The number of anilines is 1. The van der Waals surface area contributed by atoms with Crippen LogP contribution < -0.4 is 10.2 Å². The predicted molar refractivity (Wildman–Crippen MR) is 90.8 cm³/mol. The Morgan fingerprint density at radius 3 is 2.57 bits per heavy atom. The van der Waals surface area contributed by atoms with Crippen LogP contribution in [-0.4, -0.2) is 23.6 Å². The van der Waals surface area contributed by atoms with Gasteiger partial charge in [-0.15, -0.1) is 0 Å². The van der Waals surface area contributed by atoms with E-state index in [4.69, 9.17) is 4.98 Å². The largest absolute Gasteiger partial charge is 0.354 e. The first-order valence-corrected chi connectivity index (χ1v) is 8.57. The van der Waals surface area contributed by atoms with E-state index in [1.807, 2.05) is 0 Å². The second kappa shape index (κ2) is 7.79. The van der Waals surface area contributed by atoms with Crippen molar-refractivity contribution in [2.75, 3.05) is 11.4 Å². The molecule has 1 fully saturated rings. The summed E-state index contributed by atoms with van der Waals surface area (Å²) >= 11 is 0. The van der Waals surface area contributed by atoms with Gasteiger partial charge in [0.1, 0.15) is 5.82 Å². The van der Waals surface area contributed by atoms with Crippen LogP contribution in [0.1, 0.15) is 64.1 Å². The van der Waals surface area contributed by atoms with Gasteiger partial charge in [0.25, 0.3) is 0 Å². The molecule has 1 aliphatic carbocycles. The summed E-state index contributed by atoms with van der Waals surface area (Å²) in [5.41, 5.74) is 2.47. The number of nitrogens with zero attached hydrogens (tertiary/aromatic N) is 2. The minimum atomic E-state index is 0.516. The van der Waals surface area contributed by atoms with Gasteiger partial charge in [0.05, 0.1) is 0 Å². The first-order valence-electron chi connectivity index (χ1n) is 8.57. The number of hydrogen-bond donors (Lipinski definition) is 1. The molecule has 1 aromatic heterocycles. The average molecular weight is 289 g/mol. The van der Waals surface area contributed by atoms with Gasteiger partial charge < -0.3 is 10.2 Å². The normalized spacial score (nSPS) is 16.4. The van der Waals surface area contributed by atoms with Crippen molar-refractivity contribution in [3.05, 3.63) is 23.4 Å².